The summed E-state index contributed by atoms with van der Waals surface area (Å²) in [5, 5.41) is 7.41. The van der Waals surface area contributed by atoms with Crippen LogP contribution < -0.4 is 5.73 Å². The van der Waals surface area contributed by atoms with Crippen molar-refractivity contribution in [3.8, 4) is 0 Å². The van der Waals surface area contributed by atoms with Crippen LogP contribution in [0.3, 0.4) is 0 Å². The number of nitrogens with two attached hydrogens (primary N) is 1. The molecule has 0 rings (SSSR count). The molecule has 0 unspecified atom stereocenters. The van der Waals surface area contributed by atoms with E-state index in [-0.39, 0.29) is 5.17 Å². The summed E-state index contributed by atoms with van der Waals surface area (Å²) in [5.74, 6) is 0. The summed E-state index contributed by atoms with van der Waals surface area (Å²) in [4.78, 5) is 0. The van der Waals surface area contributed by atoms with Crippen LogP contribution >= 0.6 is 11.8 Å². The Balaban J connectivity index is 3.13. The van der Waals surface area contributed by atoms with Crippen LogP contribution in [-0.4, -0.2) is 10.4 Å². The van der Waals surface area contributed by atoms with Crippen LogP contribution in [0, 0.1) is 5.41 Å². The highest BCUT2D eigenvalue weighted by atomic mass is 32.2. The molecule has 0 fully saturated rings. The van der Waals surface area contributed by atoms with Gasteiger partial charge in [-0.05, 0) is 0 Å². The van der Waals surface area contributed by atoms with Gasteiger partial charge in [-0.1, -0.05) is 25.6 Å². The summed E-state index contributed by atoms with van der Waals surface area (Å²) in [7, 11) is 0. The molecule has 3 N–H and O–H groups in total. The van der Waals surface area contributed by atoms with E-state index in [1.807, 2.05) is 13.8 Å². The van der Waals surface area contributed by atoms with Crippen molar-refractivity contribution in [1.82, 2.24) is 0 Å². The lowest BCUT2D eigenvalue weighted by Gasteiger charge is -1.97. The molecule has 0 heterocycles. The van der Waals surface area contributed by atoms with Gasteiger partial charge in [0.25, 0.3) is 0 Å². The maximum absolute atomic E-state index is 6.77. The first kappa shape index (κ1) is 6.82. The van der Waals surface area contributed by atoms with Gasteiger partial charge < -0.3 is 5.73 Å². The maximum Gasteiger partial charge on any atom is 0.151 e. The van der Waals surface area contributed by atoms with Crippen LogP contribution in [0.1, 0.15) is 13.8 Å². The van der Waals surface area contributed by atoms with Crippen molar-refractivity contribution in [2.45, 2.75) is 19.1 Å². The van der Waals surface area contributed by atoms with Crippen molar-refractivity contribution in [2.24, 2.45) is 5.73 Å². The third-order valence-electron chi connectivity index (χ3n) is 0.363. The standard InChI is InChI=1S/C4H10N2S/c1-3(2)7-4(5)6/h3H,1-2H3,(H3,5,6). The molecule has 0 atom stereocenters. The van der Waals surface area contributed by atoms with Gasteiger partial charge in [0.15, 0.2) is 5.17 Å². The minimum Gasteiger partial charge on any atom is -0.379 e. The van der Waals surface area contributed by atoms with E-state index < -0.39 is 0 Å². The molecule has 0 aromatic carbocycles. The molecule has 0 spiro atoms. The number of amidine groups is 1. The van der Waals surface area contributed by atoms with Crippen molar-refractivity contribution in [2.75, 3.05) is 0 Å². The fraction of sp³-hybridized carbons (Fsp3) is 0.750. The molecule has 0 aliphatic rings. The number of thioether (sulfide) groups is 1. The number of hydrogen-bond acceptors (Lipinski definition) is 2. The summed E-state index contributed by atoms with van der Waals surface area (Å²) < 4.78 is 0. The Labute approximate surface area is 48.0 Å². The van der Waals surface area contributed by atoms with E-state index in [1.54, 1.807) is 0 Å². The van der Waals surface area contributed by atoms with Gasteiger partial charge >= 0.3 is 0 Å². The summed E-state index contributed by atoms with van der Waals surface area (Å²) in [6, 6.07) is 0. The molecule has 0 bridgehead atoms. The normalized spacial score (nSPS) is 9.57. The number of nitrogens with one attached hydrogen (secondary N) is 1. The topological polar surface area (TPSA) is 49.9 Å². The highest BCUT2D eigenvalue weighted by Crippen LogP contribution is 2.05. The van der Waals surface area contributed by atoms with E-state index in [2.05, 4.69) is 0 Å². The van der Waals surface area contributed by atoms with E-state index in [1.165, 1.54) is 11.8 Å². The minimum atomic E-state index is 0.204. The molecule has 0 amide bonds. The Hall–Kier alpha value is -0.180. The van der Waals surface area contributed by atoms with E-state index in [0.717, 1.165) is 0 Å². The van der Waals surface area contributed by atoms with Crippen molar-refractivity contribution in [1.29, 1.82) is 5.41 Å². The smallest absolute Gasteiger partial charge is 0.151 e. The average Bonchev–Trinajstić information content (AvgIpc) is 1.27. The summed E-state index contributed by atoms with van der Waals surface area (Å²) in [5.41, 5.74) is 5.04. The second-order valence-electron chi connectivity index (χ2n) is 1.53. The van der Waals surface area contributed by atoms with Crippen LogP contribution in [0.5, 0.6) is 0 Å². The van der Waals surface area contributed by atoms with Crippen molar-refractivity contribution in [3.05, 3.63) is 0 Å². The van der Waals surface area contributed by atoms with Crippen LogP contribution in [-0.2, 0) is 0 Å². The zero-order valence-corrected chi connectivity index (χ0v) is 5.38. The predicted molar refractivity (Wildman–Crippen MR) is 34.6 cm³/mol. The molecule has 3 heteroatoms. The summed E-state index contributed by atoms with van der Waals surface area (Å²) in [6.07, 6.45) is 0. The van der Waals surface area contributed by atoms with E-state index in [9.17, 15) is 0 Å². The maximum atomic E-state index is 6.77. The Morgan fingerprint density at radius 1 is 1.71 bits per heavy atom. The molecule has 0 saturated heterocycles. The number of hydrogen-bond donors (Lipinski definition) is 2. The highest BCUT2D eigenvalue weighted by molar-refractivity contribution is 8.14. The third-order valence-corrected chi connectivity index (χ3v) is 1.09. The molecule has 0 aliphatic heterocycles. The van der Waals surface area contributed by atoms with Crippen LogP contribution in [0.25, 0.3) is 0 Å². The molecule has 7 heavy (non-hydrogen) atoms. The number of rotatable bonds is 1. The Morgan fingerprint density at radius 2 is 2.14 bits per heavy atom. The second-order valence-corrected chi connectivity index (χ2v) is 3.15. The zero-order valence-electron chi connectivity index (χ0n) is 4.56. The van der Waals surface area contributed by atoms with Crippen molar-refractivity contribution in [3.63, 3.8) is 0 Å². The molecule has 0 aromatic heterocycles. The largest absolute Gasteiger partial charge is 0.379 e. The Kier molecular flexibility index (Phi) is 2.83. The fourth-order valence-electron chi connectivity index (χ4n) is 0.254. The SMILES string of the molecule is CC(C)SC(=N)N. The van der Waals surface area contributed by atoms with Gasteiger partial charge in [0, 0.05) is 5.25 Å². The highest BCUT2D eigenvalue weighted by Gasteiger charge is 1.93. The van der Waals surface area contributed by atoms with Crippen molar-refractivity contribution < 1.29 is 0 Å². The van der Waals surface area contributed by atoms with Gasteiger partial charge in [-0.3, -0.25) is 5.41 Å². The Morgan fingerprint density at radius 3 is 2.14 bits per heavy atom. The third kappa shape index (κ3) is 5.82. The summed E-state index contributed by atoms with van der Waals surface area (Å²) >= 11 is 1.37. The van der Waals surface area contributed by atoms with Gasteiger partial charge in [0.05, 0.1) is 0 Å². The molecular weight excluding hydrogens is 108 g/mol. The van der Waals surface area contributed by atoms with Crippen LogP contribution in [0.2, 0.25) is 0 Å². The lowest BCUT2D eigenvalue weighted by atomic mass is 10.6. The summed E-state index contributed by atoms with van der Waals surface area (Å²) in [6.45, 7) is 4.01. The lowest BCUT2D eigenvalue weighted by Crippen LogP contribution is -2.06. The minimum absolute atomic E-state index is 0.204. The molecule has 0 aliphatic carbocycles. The van der Waals surface area contributed by atoms with Crippen LogP contribution in [0.15, 0.2) is 0 Å². The van der Waals surface area contributed by atoms with Gasteiger partial charge in [-0.15, -0.1) is 0 Å². The van der Waals surface area contributed by atoms with E-state index in [4.69, 9.17) is 11.1 Å². The first-order valence-corrected chi connectivity index (χ1v) is 3.01. The van der Waals surface area contributed by atoms with Gasteiger partial charge in [0.1, 0.15) is 0 Å². The first-order valence-electron chi connectivity index (χ1n) is 2.13. The molecule has 42 valence electrons. The molecule has 0 saturated carbocycles. The quantitative estimate of drug-likeness (QED) is 0.399. The second kappa shape index (κ2) is 2.91. The molecule has 0 aromatic rings. The fourth-order valence-corrected chi connectivity index (χ4v) is 0.762. The van der Waals surface area contributed by atoms with Gasteiger partial charge in [0.2, 0.25) is 0 Å². The molecule has 2 nitrogen and oxygen atoms in total. The molecule has 0 radical (unpaired) electrons. The zero-order chi connectivity index (χ0) is 5.86. The average molecular weight is 118 g/mol. The van der Waals surface area contributed by atoms with Crippen molar-refractivity contribution >= 4 is 16.9 Å². The lowest BCUT2D eigenvalue weighted by molar-refractivity contribution is 1.12. The Bertz CT molecular complexity index is 70.1. The van der Waals surface area contributed by atoms with Crippen LogP contribution in [0.4, 0.5) is 0 Å². The van der Waals surface area contributed by atoms with E-state index >= 15 is 0 Å². The van der Waals surface area contributed by atoms with E-state index in [0.29, 0.717) is 5.25 Å². The predicted octanol–water partition coefficient (Wildman–Crippen LogP) is 1.02. The van der Waals surface area contributed by atoms with Gasteiger partial charge in [-0.25, -0.2) is 0 Å². The first-order chi connectivity index (χ1) is 3.13. The monoisotopic (exact) mass is 118 g/mol. The van der Waals surface area contributed by atoms with Gasteiger partial charge in [-0.2, -0.15) is 0 Å². The molecular formula is C4H10N2S.